The number of hydrogen-bond donors (Lipinski definition) is 1. The Hall–Kier alpha value is -4.02. The van der Waals surface area contributed by atoms with Gasteiger partial charge in [0.25, 0.3) is 11.1 Å². The van der Waals surface area contributed by atoms with Crippen LogP contribution < -0.4 is 19.5 Å². The highest BCUT2D eigenvalue weighted by Crippen LogP contribution is 2.34. The van der Waals surface area contributed by atoms with Gasteiger partial charge in [-0.3, -0.25) is 19.3 Å². The van der Waals surface area contributed by atoms with Gasteiger partial charge in [-0.15, -0.1) is 0 Å². The summed E-state index contributed by atoms with van der Waals surface area (Å²) in [6.45, 7) is 0.389. The van der Waals surface area contributed by atoms with Crippen molar-refractivity contribution in [2.45, 2.75) is 6.61 Å². The summed E-state index contributed by atoms with van der Waals surface area (Å²) in [6, 6.07) is 16.1. The van der Waals surface area contributed by atoms with E-state index in [-0.39, 0.29) is 22.1 Å². The molecule has 1 N–H and O–H groups in total. The number of halogens is 2. The van der Waals surface area contributed by atoms with E-state index in [1.165, 1.54) is 12.1 Å². The number of imide groups is 1. The zero-order valence-electron chi connectivity index (χ0n) is 19.7. The maximum atomic E-state index is 13.9. The third kappa shape index (κ3) is 5.76. The summed E-state index contributed by atoms with van der Waals surface area (Å²) in [5.74, 6) is 0.0266. The van der Waals surface area contributed by atoms with E-state index in [9.17, 15) is 18.8 Å². The van der Waals surface area contributed by atoms with Gasteiger partial charge < -0.3 is 19.5 Å². The maximum Gasteiger partial charge on any atom is 0.294 e. The monoisotopic (exact) mass is 554 g/mol. The Morgan fingerprint density at radius 2 is 1.84 bits per heavy atom. The number of carbonyl (C=O) groups is 3. The van der Waals surface area contributed by atoms with E-state index < -0.39 is 29.4 Å². The van der Waals surface area contributed by atoms with Crippen LogP contribution in [0.4, 0.5) is 14.9 Å². The molecule has 3 amide bonds. The van der Waals surface area contributed by atoms with Crippen LogP contribution in [0.2, 0.25) is 5.02 Å². The molecule has 3 aromatic carbocycles. The van der Waals surface area contributed by atoms with Crippen molar-refractivity contribution in [3.05, 3.63) is 87.5 Å². The predicted octanol–water partition coefficient (Wildman–Crippen LogP) is 5.50. The van der Waals surface area contributed by atoms with Gasteiger partial charge in [0.2, 0.25) is 5.91 Å². The van der Waals surface area contributed by atoms with Crippen molar-refractivity contribution < 1.29 is 33.0 Å². The second-order valence-corrected chi connectivity index (χ2v) is 9.63. The van der Waals surface area contributed by atoms with Crippen molar-refractivity contribution in [2.24, 2.45) is 0 Å². The van der Waals surface area contributed by atoms with E-state index in [1.54, 1.807) is 54.6 Å². The first kappa shape index (κ1) is 25.6. The molecule has 2 heterocycles. The molecule has 0 radical (unpaired) electrons. The van der Waals surface area contributed by atoms with Gasteiger partial charge in [0.05, 0.1) is 9.93 Å². The van der Waals surface area contributed by atoms with Gasteiger partial charge in [-0.2, -0.15) is 0 Å². The number of nitrogens with zero attached hydrogens (tertiary/aromatic N) is 1. The Kier molecular flexibility index (Phi) is 7.52. The quantitative estimate of drug-likeness (QED) is 0.385. The Labute approximate surface area is 226 Å². The highest BCUT2D eigenvalue weighted by molar-refractivity contribution is 8.18. The van der Waals surface area contributed by atoms with Gasteiger partial charge in [-0.05, 0) is 59.8 Å². The third-order valence-electron chi connectivity index (χ3n) is 5.62. The maximum absolute atomic E-state index is 13.9. The predicted molar refractivity (Wildman–Crippen MR) is 141 cm³/mol. The number of nitrogens with one attached hydrogen (secondary N) is 1. The van der Waals surface area contributed by atoms with Crippen LogP contribution in [0, 0.1) is 5.82 Å². The molecule has 0 aliphatic carbocycles. The molecule has 2 aliphatic rings. The first-order valence-electron chi connectivity index (χ1n) is 11.5. The highest BCUT2D eigenvalue weighted by Gasteiger charge is 2.36. The molecule has 1 saturated heterocycles. The molecule has 0 bridgehead atoms. The Balaban J connectivity index is 1.19. The van der Waals surface area contributed by atoms with Crippen molar-refractivity contribution in [1.82, 2.24) is 4.90 Å². The number of amides is 3. The number of rotatable bonds is 7. The van der Waals surface area contributed by atoms with E-state index in [4.69, 9.17) is 25.8 Å². The summed E-state index contributed by atoms with van der Waals surface area (Å²) in [5, 5.41) is 2.40. The molecule has 38 heavy (non-hydrogen) atoms. The SMILES string of the molecule is O=C(CN1C(=O)S/C(=C\c2ccc(OCc3c(F)cccc3Cl)cc2)C1=O)Nc1ccc2c(c1)OCCO2. The Morgan fingerprint density at radius 1 is 1.08 bits per heavy atom. The van der Waals surface area contributed by atoms with Crippen LogP contribution in [0.15, 0.2) is 65.6 Å². The largest absolute Gasteiger partial charge is 0.489 e. The molecule has 5 rings (SSSR count). The fourth-order valence-corrected chi connectivity index (χ4v) is 4.79. The normalized spacial score (nSPS) is 15.6. The third-order valence-corrected chi connectivity index (χ3v) is 6.89. The lowest BCUT2D eigenvalue weighted by molar-refractivity contribution is -0.127. The minimum Gasteiger partial charge on any atom is -0.489 e. The topological polar surface area (TPSA) is 94.2 Å². The van der Waals surface area contributed by atoms with Crippen LogP contribution in [0.25, 0.3) is 6.08 Å². The number of thioether (sulfide) groups is 1. The minimum absolute atomic E-state index is 0.0436. The van der Waals surface area contributed by atoms with Crippen LogP contribution in [0.5, 0.6) is 17.2 Å². The second-order valence-electron chi connectivity index (χ2n) is 8.23. The smallest absolute Gasteiger partial charge is 0.294 e. The summed E-state index contributed by atoms with van der Waals surface area (Å²) >= 11 is 6.78. The number of benzene rings is 3. The lowest BCUT2D eigenvalue weighted by atomic mass is 10.2. The van der Waals surface area contributed by atoms with Gasteiger partial charge in [0.15, 0.2) is 11.5 Å². The van der Waals surface area contributed by atoms with Crippen LogP contribution in [-0.2, 0) is 16.2 Å². The number of ether oxygens (including phenoxy) is 3. The molecular weight excluding hydrogens is 535 g/mol. The molecule has 11 heteroatoms. The molecule has 0 unspecified atom stereocenters. The van der Waals surface area contributed by atoms with Gasteiger partial charge >= 0.3 is 0 Å². The Bertz CT molecular complexity index is 1430. The van der Waals surface area contributed by atoms with Gasteiger partial charge in [0, 0.05) is 17.3 Å². The fourth-order valence-electron chi connectivity index (χ4n) is 3.74. The van der Waals surface area contributed by atoms with E-state index in [0.717, 1.165) is 16.7 Å². The molecule has 0 aromatic heterocycles. The average Bonchev–Trinajstić information content (AvgIpc) is 3.16. The van der Waals surface area contributed by atoms with Crippen LogP contribution >= 0.6 is 23.4 Å². The summed E-state index contributed by atoms with van der Waals surface area (Å²) in [7, 11) is 0. The summed E-state index contributed by atoms with van der Waals surface area (Å²) in [5.41, 5.74) is 1.36. The number of fused-ring (bicyclic) bond motifs is 1. The van der Waals surface area contributed by atoms with Gasteiger partial charge in [0.1, 0.15) is 37.9 Å². The lowest BCUT2D eigenvalue weighted by Gasteiger charge is -2.19. The molecule has 194 valence electrons. The number of carbonyl (C=O) groups excluding carboxylic acids is 3. The minimum atomic E-state index is -0.563. The molecular formula is C27H20ClFN2O6S. The van der Waals surface area contributed by atoms with Crippen molar-refractivity contribution in [3.8, 4) is 17.2 Å². The van der Waals surface area contributed by atoms with E-state index in [2.05, 4.69) is 5.32 Å². The van der Waals surface area contributed by atoms with Crippen LogP contribution in [-0.4, -0.2) is 41.7 Å². The molecule has 3 aromatic rings. The summed E-state index contributed by atoms with van der Waals surface area (Å²) < 4.78 is 30.5. The summed E-state index contributed by atoms with van der Waals surface area (Å²) in [4.78, 5) is 38.9. The van der Waals surface area contributed by atoms with Crippen molar-refractivity contribution in [1.29, 1.82) is 0 Å². The molecule has 0 atom stereocenters. The Morgan fingerprint density at radius 3 is 2.61 bits per heavy atom. The fraction of sp³-hybridized carbons (Fsp3) is 0.148. The van der Waals surface area contributed by atoms with Crippen molar-refractivity contribution in [3.63, 3.8) is 0 Å². The van der Waals surface area contributed by atoms with Crippen molar-refractivity contribution >= 4 is 52.2 Å². The van der Waals surface area contributed by atoms with E-state index >= 15 is 0 Å². The van der Waals surface area contributed by atoms with Crippen LogP contribution in [0.1, 0.15) is 11.1 Å². The first-order chi connectivity index (χ1) is 18.4. The van der Waals surface area contributed by atoms with Gasteiger partial charge in [-0.1, -0.05) is 29.8 Å². The highest BCUT2D eigenvalue weighted by atomic mass is 35.5. The van der Waals surface area contributed by atoms with Crippen molar-refractivity contribution in [2.75, 3.05) is 25.1 Å². The number of anilines is 1. The second kappa shape index (κ2) is 11.2. The standard InChI is InChI=1S/C27H20ClFN2O6S/c28-20-2-1-3-21(29)19(20)15-37-18-7-4-16(5-8-18)12-24-26(33)31(27(34)38-24)14-25(32)30-17-6-9-22-23(13-17)36-11-10-35-22/h1-9,12-13H,10-11,14-15H2,(H,30,32)/b24-12-. The molecule has 1 fully saturated rings. The summed E-state index contributed by atoms with van der Waals surface area (Å²) in [6.07, 6.45) is 1.56. The average molecular weight is 555 g/mol. The van der Waals surface area contributed by atoms with E-state index in [1.807, 2.05) is 0 Å². The number of hydrogen-bond acceptors (Lipinski definition) is 7. The molecule has 0 saturated carbocycles. The molecule has 2 aliphatic heterocycles. The molecule has 8 nitrogen and oxygen atoms in total. The van der Waals surface area contributed by atoms with E-state index in [0.29, 0.717) is 41.7 Å². The first-order valence-corrected chi connectivity index (χ1v) is 12.7. The lowest BCUT2D eigenvalue weighted by Crippen LogP contribution is -2.36. The van der Waals surface area contributed by atoms with Gasteiger partial charge in [-0.25, -0.2) is 4.39 Å². The zero-order valence-corrected chi connectivity index (χ0v) is 21.3. The zero-order chi connectivity index (χ0) is 26.6. The van der Waals surface area contributed by atoms with Crippen LogP contribution in [0.3, 0.4) is 0 Å². The molecule has 0 spiro atoms.